The fourth-order valence-corrected chi connectivity index (χ4v) is 2.36. The molecule has 1 aromatic carbocycles. The zero-order chi connectivity index (χ0) is 11.4. The normalized spacial score (nSPS) is 12.6. The van der Waals surface area contributed by atoms with Crippen molar-refractivity contribution < 1.29 is 0 Å². The molecule has 0 amide bonds. The predicted octanol–water partition coefficient (Wildman–Crippen LogP) is 2.41. The molecule has 0 aliphatic rings. The topological polar surface area (TPSA) is 37.8 Å². The first-order valence-corrected chi connectivity index (χ1v) is 6.16. The van der Waals surface area contributed by atoms with Gasteiger partial charge in [-0.1, -0.05) is 35.7 Å². The summed E-state index contributed by atoms with van der Waals surface area (Å²) in [5, 5.41) is 7.17. The first-order valence-electron chi connectivity index (χ1n) is 5.38. The molecule has 3 nitrogen and oxygen atoms in total. The van der Waals surface area contributed by atoms with E-state index in [-0.39, 0.29) is 6.04 Å². The highest BCUT2D eigenvalue weighted by atomic mass is 32.1. The van der Waals surface area contributed by atoms with Crippen molar-refractivity contribution in [3.63, 3.8) is 0 Å². The molecular weight excluding hydrogens is 218 g/mol. The number of hydrogen-bond donors (Lipinski definition) is 1. The van der Waals surface area contributed by atoms with Crippen LogP contribution >= 0.6 is 11.5 Å². The smallest absolute Gasteiger partial charge is 0.0701 e. The summed E-state index contributed by atoms with van der Waals surface area (Å²) in [6.45, 7) is 2.16. The molecule has 4 heteroatoms. The number of nitrogens with zero attached hydrogens (tertiary/aromatic N) is 2. The van der Waals surface area contributed by atoms with Crippen molar-refractivity contribution in [3.05, 3.63) is 46.5 Å². The van der Waals surface area contributed by atoms with Crippen LogP contribution in [0, 0.1) is 0 Å². The quantitative estimate of drug-likeness (QED) is 0.881. The first-order chi connectivity index (χ1) is 7.85. The molecule has 0 saturated carbocycles. The lowest BCUT2D eigenvalue weighted by atomic mass is 10.0. The molecule has 0 aliphatic carbocycles. The van der Waals surface area contributed by atoms with E-state index in [0.29, 0.717) is 0 Å². The highest BCUT2D eigenvalue weighted by molar-refractivity contribution is 7.05. The number of aryl methyl sites for hydroxylation is 1. The Hall–Kier alpha value is -1.26. The number of aromatic nitrogens is 2. The highest BCUT2D eigenvalue weighted by Crippen LogP contribution is 2.23. The van der Waals surface area contributed by atoms with Gasteiger partial charge in [0, 0.05) is 0 Å². The third-order valence-electron chi connectivity index (χ3n) is 2.67. The van der Waals surface area contributed by atoms with Gasteiger partial charge < -0.3 is 5.32 Å². The highest BCUT2D eigenvalue weighted by Gasteiger charge is 2.13. The molecule has 1 unspecified atom stereocenters. The van der Waals surface area contributed by atoms with Gasteiger partial charge in [-0.25, -0.2) is 0 Å². The molecule has 0 bridgehead atoms. The third kappa shape index (κ3) is 2.28. The van der Waals surface area contributed by atoms with Gasteiger partial charge in [0.05, 0.1) is 17.1 Å². The standard InChI is InChI=1S/C12H15N3S/c1-3-9-4-6-10(7-5-9)12(13-2)11-8-14-15-16-11/h4-8,12-13H,3H2,1-2H3. The van der Waals surface area contributed by atoms with Gasteiger partial charge in [-0.05, 0) is 36.1 Å². The van der Waals surface area contributed by atoms with Crippen molar-refractivity contribution in [2.45, 2.75) is 19.4 Å². The summed E-state index contributed by atoms with van der Waals surface area (Å²) < 4.78 is 3.90. The Labute approximate surface area is 99.7 Å². The van der Waals surface area contributed by atoms with Crippen molar-refractivity contribution in [1.82, 2.24) is 14.9 Å². The van der Waals surface area contributed by atoms with E-state index in [1.807, 2.05) is 13.2 Å². The van der Waals surface area contributed by atoms with Gasteiger partial charge in [-0.15, -0.1) is 5.10 Å². The average Bonchev–Trinajstić information content (AvgIpc) is 2.85. The van der Waals surface area contributed by atoms with E-state index in [2.05, 4.69) is 46.1 Å². The van der Waals surface area contributed by atoms with Crippen molar-refractivity contribution in [2.75, 3.05) is 7.05 Å². The van der Waals surface area contributed by atoms with E-state index < -0.39 is 0 Å². The van der Waals surface area contributed by atoms with E-state index in [0.717, 1.165) is 11.3 Å². The van der Waals surface area contributed by atoms with E-state index in [4.69, 9.17) is 0 Å². The van der Waals surface area contributed by atoms with Crippen molar-refractivity contribution in [2.24, 2.45) is 0 Å². The monoisotopic (exact) mass is 233 g/mol. The number of nitrogens with one attached hydrogen (secondary N) is 1. The van der Waals surface area contributed by atoms with Crippen LogP contribution < -0.4 is 5.32 Å². The maximum atomic E-state index is 3.90. The fraction of sp³-hybridized carbons (Fsp3) is 0.333. The molecule has 84 valence electrons. The zero-order valence-electron chi connectivity index (χ0n) is 9.47. The number of benzene rings is 1. The Morgan fingerprint density at radius 2 is 2.06 bits per heavy atom. The first kappa shape index (κ1) is 11.2. The van der Waals surface area contributed by atoms with Crippen LogP contribution in [0.4, 0.5) is 0 Å². The lowest BCUT2D eigenvalue weighted by Gasteiger charge is -2.14. The maximum absolute atomic E-state index is 3.90. The Morgan fingerprint density at radius 1 is 1.31 bits per heavy atom. The van der Waals surface area contributed by atoms with Gasteiger partial charge >= 0.3 is 0 Å². The van der Waals surface area contributed by atoms with Gasteiger partial charge in [-0.3, -0.25) is 0 Å². The summed E-state index contributed by atoms with van der Waals surface area (Å²) in [6, 6.07) is 8.88. The van der Waals surface area contributed by atoms with Gasteiger partial charge in [0.1, 0.15) is 0 Å². The van der Waals surface area contributed by atoms with Crippen LogP contribution in [-0.4, -0.2) is 16.6 Å². The van der Waals surface area contributed by atoms with Crippen molar-refractivity contribution in [1.29, 1.82) is 0 Å². The summed E-state index contributed by atoms with van der Waals surface area (Å²) in [7, 11) is 1.96. The maximum Gasteiger partial charge on any atom is 0.0701 e. The fourth-order valence-electron chi connectivity index (χ4n) is 1.72. The predicted molar refractivity (Wildman–Crippen MR) is 66.6 cm³/mol. The summed E-state index contributed by atoms with van der Waals surface area (Å²) in [4.78, 5) is 1.15. The number of rotatable bonds is 4. The number of hydrogen-bond acceptors (Lipinski definition) is 4. The summed E-state index contributed by atoms with van der Waals surface area (Å²) in [5.74, 6) is 0. The van der Waals surface area contributed by atoms with E-state index in [1.54, 1.807) is 0 Å². The van der Waals surface area contributed by atoms with Crippen molar-refractivity contribution in [3.8, 4) is 0 Å². The van der Waals surface area contributed by atoms with Crippen LogP contribution in [0.5, 0.6) is 0 Å². The summed E-state index contributed by atoms with van der Waals surface area (Å²) in [6.07, 6.45) is 2.90. The molecule has 0 saturated heterocycles. The molecule has 1 heterocycles. The van der Waals surface area contributed by atoms with Crippen LogP contribution in [0.3, 0.4) is 0 Å². The van der Waals surface area contributed by atoms with Gasteiger partial charge in [0.2, 0.25) is 0 Å². The molecule has 0 radical (unpaired) electrons. The molecular formula is C12H15N3S. The average molecular weight is 233 g/mol. The van der Waals surface area contributed by atoms with Crippen LogP contribution in [0.1, 0.15) is 29.0 Å². The molecule has 1 N–H and O–H groups in total. The molecule has 0 fully saturated rings. The minimum absolute atomic E-state index is 0.200. The lowest BCUT2D eigenvalue weighted by Crippen LogP contribution is -2.16. The van der Waals surface area contributed by atoms with Gasteiger partial charge in [-0.2, -0.15) is 0 Å². The Kier molecular flexibility index (Phi) is 3.64. The van der Waals surface area contributed by atoms with Gasteiger partial charge in [0.15, 0.2) is 0 Å². The molecule has 2 rings (SSSR count). The lowest BCUT2D eigenvalue weighted by molar-refractivity contribution is 0.702. The van der Waals surface area contributed by atoms with Crippen LogP contribution in [0.15, 0.2) is 30.5 Å². The largest absolute Gasteiger partial charge is 0.309 e. The molecule has 1 aromatic heterocycles. The van der Waals surface area contributed by atoms with Gasteiger partial charge in [0.25, 0.3) is 0 Å². The van der Waals surface area contributed by atoms with E-state index in [9.17, 15) is 0 Å². The van der Waals surface area contributed by atoms with Crippen LogP contribution in [0.25, 0.3) is 0 Å². The van der Waals surface area contributed by atoms with Crippen molar-refractivity contribution >= 4 is 11.5 Å². The van der Waals surface area contributed by atoms with Crippen LogP contribution in [0.2, 0.25) is 0 Å². The summed E-state index contributed by atoms with van der Waals surface area (Å²) in [5.41, 5.74) is 2.62. The Balaban J connectivity index is 2.27. The Morgan fingerprint density at radius 3 is 2.56 bits per heavy atom. The SMILES string of the molecule is CCc1ccc(C(NC)c2cnns2)cc1. The second-order valence-electron chi connectivity index (χ2n) is 3.64. The second-order valence-corrected chi connectivity index (χ2v) is 4.45. The molecule has 0 aliphatic heterocycles. The molecule has 1 atom stereocenters. The van der Waals surface area contributed by atoms with E-state index >= 15 is 0 Å². The molecule has 2 aromatic rings. The second kappa shape index (κ2) is 5.18. The molecule has 16 heavy (non-hydrogen) atoms. The zero-order valence-corrected chi connectivity index (χ0v) is 10.3. The minimum atomic E-state index is 0.200. The third-order valence-corrected chi connectivity index (χ3v) is 3.40. The summed E-state index contributed by atoms with van der Waals surface area (Å²) >= 11 is 1.44. The van der Waals surface area contributed by atoms with E-state index in [1.165, 1.54) is 22.7 Å². The Bertz CT molecular complexity index is 422. The molecule has 0 spiro atoms. The minimum Gasteiger partial charge on any atom is -0.309 e. The van der Waals surface area contributed by atoms with Crippen LogP contribution in [-0.2, 0) is 6.42 Å².